The number of hydrogen-bond donors (Lipinski definition) is 2. The Morgan fingerprint density at radius 2 is 0.891 bits per heavy atom. The lowest BCUT2D eigenvalue weighted by Gasteiger charge is -2.29. The molecule has 64 heavy (non-hydrogen) atoms. The predicted molar refractivity (Wildman–Crippen MR) is 276 cm³/mol. The van der Waals surface area contributed by atoms with Crippen molar-refractivity contribution in [2.75, 3.05) is 84.6 Å². The molecule has 1 aromatic heterocycles. The molecule has 7 heteroatoms. The second-order valence-corrected chi connectivity index (χ2v) is 21.1. The molecule has 1 aliphatic carbocycles. The summed E-state index contributed by atoms with van der Waals surface area (Å²) in [7, 11) is 27.1. The average molecular weight is 848 g/mol. The number of nitrogens with zero attached hydrogens (tertiary/aromatic N) is 5. The Kier molecular flexibility index (Phi) is 10.5. The van der Waals surface area contributed by atoms with Crippen molar-refractivity contribution in [3.8, 4) is 0 Å². The van der Waals surface area contributed by atoms with E-state index in [1.165, 1.54) is 67.3 Å². The number of allylic oxidation sites excluding steroid dienone is 9. The fourth-order valence-corrected chi connectivity index (χ4v) is 9.95. The molecule has 0 saturated heterocycles. The first-order chi connectivity index (χ1) is 30.3. The van der Waals surface area contributed by atoms with Crippen LogP contribution in [-0.4, -0.2) is 101 Å². The molecule has 1 unspecified atom stereocenters. The van der Waals surface area contributed by atoms with E-state index in [2.05, 4.69) is 241 Å². The maximum atomic E-state index is 5.72. The fraction of sp³-hybridized carbons (Fsp3) is 0.246. The number of benzene rings is 4. The number of aromatic nitrogens is 1. The van der Waals surface area contributed by atoms with E-state index >= 15 is 0 Å². The van der Waals surface area contributed by atoms with Crippen molar-refractivity contribution in [1.29, 1.82) is 0 Å². The van der Waals surface area contributed by atoms with Gasteiger partial charge in [-0.25, -0.2) is 4.99 Å². The third kappa shape index (κ3) is 7.83. The highest BCUT2D eigenvalue weighted by atomic mass is 15.3. The molecule has 0 amide bonds. The summed E-state index contributed by atoms with van der Waals surface area (Å²) in [5, 5.41) is 6.25. The largest absolute Gasteiger partial charge is 0.374 e. The molecule has 5 aromatic rings. The van der Waals surface area contributed by atoms with Crippen LogP contribution in [0.1, 0.15) is 28.7 Å². The van der Waals surface area contributed by atoms with Gasteiger partial charge in [-0.2, -0.15) is 0 Å². The first-order valence-corrected chi connectivity index (χ1v) is 22.5. The summed E-state index contributed by atoms with van der Waals surface area (Å²) >= 11 is 0. The van der Waals surface area contributed by atoms with Gasteiger partial charge in [-0.3, -0.25) is 17.9 Å². The zero-order valence-corrected chi connectivity index (χ0v) is 39.9. The number of hydrogen-bond acceptors (Lipinski definition) is 2. The lowest BCUT2D eigenvalue weighted by molar-refractivity contribution is 0.485. The SMILES string of the molecule is C[N+](C)(C)c1ccccc1C1=C2C=CC(=N2)C(c2ccccc2[N+](C)(C)C)=c2ccc([nH]2)=C(c2ccccc2[N+](C)(C)C)C2C=CC(=C(c3ccccc3[N+](C)(C)C)C3=CC=C1C3)N2. The zero-order chi connectivity index (χ0) is 45.3. The molecular weight excluding hydrogens is 783 g/mol. The molecule has 0 saturated carbocycles. The average Bonchev–Trinajstić information content (AvgIpc) is 4.08. The molecule has 0 spiro atoms. The molecule has 4 aromatic carbocycles. The Morgan fingerprint density at radius 3 is 1.42 bits per heavy atom. The molecule has 4 aliphatic rings. The van der Waals surface area contributed by atoms with Crippen molar-refractivity contribution in [2.24, 2.45) is 4.99 Å². The second-order valence-electron chi connectivity index (χ2n) is 21.1. The summed E-state index contributed by atoms with van der Waals surface area (Å²) in [4.78, 5) is 9.77. The molecule has 0 fully saturated rings. The standard InChI is InChI=1S/C57H65N7/c1-61(2,3)50-25-17-13-21-40(50)54-38-29-30-39(37-38)55(41-22-14-18-26-51(41)62(4,5)6)45-32-34-47(59-45)57(43-24-16-20-28-53(43)64(10,11)12)49-36-35-48(60-49)56(46-33-31-44(54)58-46)42-23-15-19-27-52(42)63(7,8)9/h13-36,46,58,60H,37H2,1-12H3/q+4. The van der Waals surface area contributed by atoms with Gasteiger partial charge in [0.25, 0.3) is 0 Å². The Bertz CT molecular complexity index is 3070. The van der Waals surface area contributed by atoms with Crippen molar-refractivity contribution in [3.63, 3.8) is 0 Å². The minimum absolute atomic E-state index is 0.119. The third-order valence-electron chi connectivity index (χ3n) is 12.9. The monoisotopic (exact) mass is 848 g/mol. The van der Waals surface area contributed by atoms with Crippen molar-refractivity contribution in [1.82, 2.24) is 28.2 Å². The quantitative estimate of drug-likeness (QED) is 0.151. The number of quaternary nitrogens is 4. The van der Waals surface area contributed by atoms with E-state index in [9.17, 15) is 0 Å². The molecule has 324 valence electrons. The lowest BCUT2D eigenvalue weighted by atomic mass is 9.88. The van der Waals surface area contributed by atoms with Gasteiger partial charge < -0.3 is 10.3 Å². The van der Waals surface area contributed by atoms with Crippen LogP contribution in [0, 0.1) is 0 Å². The van der Waals surface area contributed by atoms with Gasteiger partial charge >= 0.3 is 0 Å². The number of nitrogens with one attached hydrogen (secondary N) is 2. The van der Waals surface area contributed by atoms with Crippen LogP contribution in [-0.2, 0) is 0 Å². The lowest BCUT2D eigenvalue weighted by Crippen LogP contribution is -2.37. The predicted octanol–water partition coefficient (Wildman–Crippen LogP) is 8.83. The van der Waals surface area contributed by atoms with Gasteiger partial charge in [0, 0.05) is 60.9 Å². The summed E-state index contributed by atoms with van der Waals surface area (Å²) in [6.07, 6.45) is 14.7. The highest BCUT2D eigenvalue weighted by Gasteiger charge is 2.34. The first kappa shape index (κ1) is 42.9. The molecule has 3 aliphatic heterocycles. The summed E-state index contributed by atoms with van der Waals surface area (Å²) in [5.74, 6) is 0. The number of rotatable bonds is 8. The molecule has 9 rings (SSSR count). The van der Waals surface area contributed by atoms with Crippen LogP contribution in [0.5, 0.6) is 0 Å². The van der Waals surface area contributed by atoms with Crippen molar-refractivity contribution in [2.45, 2.75) is 12.5 Å². The molecule has 4 heterocycles. The van der Waals surface area contributed by atoms with Crippen LogP contribution in [0.3, 0.4) is 0 Å². The van der Waals surface area contributed by atoms with Gasteiger partial charge in [-0.05, 0) is 96.5 Å². The van der Waals surface area contributed by atoms with Crippen LogP contribution in [0.25, 0.3) is 22.3 Å². The maximum Gasteiger partial charge on any atom is 0.140 e. The minimum Gasteiger partial charge on any atom is -0.374 e. The minimum atomic E-state index is -0.119. The van der Waals surface area contributed by atoms with Crippen LogP contribution in [0.2, 0.25) is 0 Å². The maximum absolute atomic E-state index is 5.72. The Balaban J connectivity index is 1.43. The molecule has 2 N–H and O–H groups in total. The van der Waals surface area contributed by atoms with Crippen molar-refractivity contribution >= 4 is 50.8 Å². The normalized spacial score (nSPS) is 17.9. The van der Waals surface area contributed by atoms with Gasteiger partial charge in [0.15, 0.2) is 0 Å². The molecule has 1 atom stereocenters. The smallest absolute Gasteiger partial charge is 0.140 e. The summed E-state index contributed by atoms with van der Waals surface area (Å²) in [5.41, 5.74) is 20.0. The zero-order valence-electron chi connectivity index (χ0n) is 39.9. The Hall–Kier alpha value is -6.35. The van der Waals surface area contributed by atoms with Crippen LogP contribution in [0.4, 0.5) is 22.7 Å². The van der Waals surface area contributed by atoms with Gasteiger partial charge in [0.05, 0.1) is 102 Å². The highest BCUT2D eigenvalue weighted by molar-refractivity contribution is 6.31. The number of aliphatic imine (C=N–C) groups is 1. The van der Waals surface area contributed by atoms with E-state index in [0.29, 0.717) is 17.9 Å². The fourth-order valence-electron chi connectivity index (χ4n) is 9.95. The van der Waals surface area contributed by atoms with Gasteiger partial charge in [0.1, 0.15) is 22.7 Å². The third-order valence-corrected chi connectivity index (χ3v) is 12.9. The molecule has 0 radical (unpaired) electrons. The number of H-pyrrole nitrogens is 1. The van der Waals surface area contributed by atoms with Crippen molar-refractivity contribution < 1.29 is 0 Å². The number of aromatic amines is 1. The van der Waals surface area contributed by atoms with E-state index in [4.69, 9.17) is 4.99 Å². The van der Waals surface area contributed by atoms with Gasteiger partial charge in [-0.1, -0.05) is 66.8 Å². The van der Waals surface area contributed by atoms with E-state index in [1.54, 1.807) is 0 Å². The van der Waals surface area contributed by atoms with E-state index in [1.807, 2.05) is 0 Å². The number of fused-ring (bicyclic) bond motifs is 7. The molecular formula is C57H65N7+4. The molecule has 8 bridgehead atoms. The number of para-hydroxylation sites is 4. The van der Waals surface area contributed by atoms with Crippen LogP contribution in [0.15, 0.2) is 173 Å². The van der Waals surface area contributed by atoms with E-state index in [0.717, 1.165) is 45.4 Å². The van der Waals surface area contributed by atoms with Gasteiger partial charge in [0.2, 0.25) is 0 Å². The first-order valence-electron chi connectivity index (χ1n) is 22.5. The van der Waals surface area contributed by atoms with E-state index < -0.39 is 0 Å². The topological polar surface area (TPSA) is 40.2 Å². The van der Waals surface area contributed by atoms with E-state index in [-0.39, 0.29) is 6.04 Å². The Morgan fingerprint density at radius 1 is 0.453 bits per heavy atom. The van der Waals surface area contributed by atoms with Crippen LogP contribution < -0.4 is 33.9 Å². The summed E-state index contributed by atoms with van der Waals surface area (Å²) in [6, 6.07) is 40.0. The summed E-state index contributed by atoms with van der Waals surface area (Å²) in [6.45, 7) is 0. The second kappa shape index (κ2) is 15.7. The van der Waals surface area contributed by atoms with Crippen LogP contribution >= 0.6 is 0 Å². The summed E-state index contributed by atoms with van der Waals surface area (Å²) < 4.78 is 2.72. The van der Waals surface area contributed by atoms with Crippen molar-refractivity contribution in [3.05, 3.63) is 201 Å². The Labute approximate surface area is 380 Å². The highest BCUT2D eigenvalue weighted by Crippen LogP contribution is 2.47. The van der Waals surface area contributed by atoms with Gasteiger partial charge in [-0.15, -0.1) is 0 Å². The molecule has 7 nitrogen and oxygen atoms in total.